The Balaban J connectivity index is 1.96. The van der Waals surface area contributed by atoms with Gasteiger partial charge < -0.3 is 10.0 Å². The van der Waals surface area contributed by atoms with Crippen LogP contribution in [0.5, 0.6) is 0 Å². The van der Waals surface area contributed by atoms with Crippen molar-refractivity contribution in [2.24, 2.45) is 5.41 Å². The van der Waals surface area contributed by atoms with Crippen LogP contribution in [0, 0.1) is 5.41 Å². The standard InChI is InChI=1S/C13H23NO2/c15-11-13(7-3-1-4-8-13)10-14-9-5-2-6-12(14)16/h15H,1-11H2. The SMILES string of the molecule is O=C1CCCCN1CC1(CO)CCCCC1. The van der Waals surface area contributed by atoms with Gasteiger partial charge in [-0.25, -0.2) is 0 Å². The highest BCUT2D eigenvalue weighted by molar-refractivity contribution is 5.76. The average molecular weight is 225 g/mol. The Kier molecular flexibility index (Phi) is 3.85. The number of carbonyl (C=O) groups is 1. The van der Waals surface area contributed by atoms with Crippen LogP contribution in [0.3, 0.4) is 0 Å². The molecule has 0 atom stereocenters. The van der Waals surface area contributed by atoms with E-state index in [1.54, 1.807) is 0 Å². The Hall–Kier alpha value is -0.570. The molecular formula is C13H23NO2. The minimum absolute atomic E-state index is 0.0191. The smallest absolute Gasteiger partial charge is 0.222 e. The summed E-state index contributed by atoms with van der Waals surface area (Å²) in [5, 5.41) is 9.62. The van der Waals surface area contributed by atoms with Crippen molar-refractivity contribution in [3.8, 4) is 0 Å². The van der Waals surface area contributed by atoms with Crippen molar-refractivity contribution in [3.05, 3.63) is 0 Å². The van der Waals surface area contributed by atoms with Crippen molar-refractivity contribution in [1.82, 2.24) is 4.90 Å². The molecule has 2 aliphatic rings. The topological polar surface area (TPSA) is 40.5 Å². The van der Waals surface area contributed by atoms with Gasteiger partial charge in [0.25, 0.3) is 0 Å². The molecule has 0 unspecified atom stereocenters. The Morgan fingerprint density at radius 1 is 1.12 bits per heavy atom. The van der Waals surface area contributed by atoms with E-state index < -0.39 is 0 Å². The van der Waals surface area contributed by atoms with Crippen LogP contribution in [0.4, 0.5) is 0 Å². The second-order valence-electron chi connectivity index (χ2n) is 5.49. The molecule has 0 radical (unpaired) electrons. The van der Waals surface area contributed by atoms with Crippen LogP contribution in [-0.2, 0) is 4.79 Å². The van der Waals surface area contributed by atoms with Gasteiger partial charge >= 0.3 is 0 Å². The fourth-order valence-electron chi connectivity index (χ4n) is 3.10. The average Bonchev–Trinajstić information content (AvgIpc) is 2.33. The second-order valence-corrected chi connectivity index (χ2v) is 5.49. The first kappa shape index (κ1) is 11.9. The molecule has 1 heterocycles. The zero-order chi connectivity index (χ0) is 11.4. The lowest BCUT2D eigenvalue weighted by Crippen LogP contribution is -2.46. The van der Waals surface area contributed by atoms with E-state index in [0.717, 1.165) is 38.8 Å². The quantitative estimate of drug-likeness (QED) is 0.797. The van der Waals surface area contributed by atoms with Crippen LogP contribution < -0.4 is 0 Å². The molecule has 3 heteroatoms. The first-order valence-corrected chi connectivity index (χ1v) is 6.64. The minimum Gasteiger partial charge on any atom is -0.396 e. The van der Waals surface area contributed by atoms with Crippen molar-refractivity contribution in [3.63, 3.8) is 0 Å². The number of carbonyl (C=O) groups excluding carboxylic acids is 1. The van der Waals surface area contributed by atoms with Crippen LogP contribution >= 0.6 is 0 Å². The van der Waals surface area contributed by atoms with Gasteiger partial charge in [0.1, 0.15) is 0 Å². The highest BCUT2D eigenvalue weighted by Gasteiger charge is 2.35. The number of piperidine rings is 1. The molecule has 3 nitrogen and oxygen atoms in total. The summed E-state index contributed by atoms with van der Waals surface area (Å²) in [4.78, 5) is 13.8. The lowest BCUT2D eigenvalue weighted by molar-refractivity contribution is -0.136. The van der Waals surface area contributed by atoms with Gasteiger partial charge in [0.2, 0.25) is 5.91 Å². The summed E-state index contributed by atoms with van der Waals surface area (Å²) < 4.78 is 0. The van der Waals surface area contributed by atoms with Crippen molar-refractivity contribution >= 4 is 5.91 Å². The third-order valence-corrected chi connectivity index (χ3v) is 4.20. The maximum Gasteiger partial charge on any atom is 0.222 e. The van der Waals surface area contributed by atoms with E-state index in [-0.39, 0.29) is 12.0 Å². The van der Waals surface area contributed by atoms with Crippen LogP contribution in [-0.4, -0.2) is 35.6 Å². The van der Waals surface area contributed by atoms with E-state index in [1.165, 1.54) is 19.3 Å². The summed E-state index contributed by atoms with van der Waals surface area (Å²) in [5.41, 5.74) is 0.0191. The first-order chi connectivity index (χ1) is 7.76. The van der Waals surface area contributed by atoms with Crippen molar-refractivity contribution in [1.29, 1.82) is 0 Å². The Morgan fingerprint density at radius 2 is 1.88 bits per heavy atom. The molecule has 0 bridgehead atoms. The number of aliphatic hydroxyl groups is 1. The number of rotatable bonds is 3. The van der Waals surface area contributed by atoms with Gasteiger partial charge in [-0.05, 0) is 25.7 Å². The third-order valence-electron chi connectivity index (χ3n) is 4.20. The second kappa shape index (κ2) is 5.17. The molecule has 2 fully saturated rings. The zero-order valence-electron chi connectivity index (χ0n) is 10.1. The molecule has 2 rings (SSSR count). The van der Waals surface area contributed by atoms with E-state index >= 15 is 0 Å². The molecule has 0 aromatic rings. The zero-order valence-corrected chi connectivity index (χ0v) is 10.1. The van der Waals surface area contributed by atoms with E-state index in [2.05, 4.69) is 0 Å². The lowest BCUT2D eigenvalue weighted by Gasteiger charge is -2.41. The van der Waals surface area contributed by atoms with Gasteiger partial charge in [0.15, 0.2) is 0 Å². The number of amides is 1. The summed E-state index contributed by atoms with van der Waals surface area (Å²) in [5.74, 6) is 0.296. The number of likely N-dealkylation sites (tertiary alicyclic amines) is 1. The molecule has 1 saturated heterocycles. The highest BCUT2D eigenvalue weighted by atomic mass is 16.3. The van der Waals surface area contributed by atoms with Crippen LogP contribution in [0.25, 0.3) is 0 Å². The van der Waals surface area contributed by atoms with Gasteiger partial charge in [-0.3, -0.25) is 4.79 Å². The normalized spacial score (nSPS) is 25.8. The maximum atomic E-state index is 11.8. The molecule has 0 aromatic carbocycles. The van der Waals surface area contributed by atoms with E-state index in [1.807, 2.05) is 4.90 Å². The van der Waals surface area contributed by atoms with E-state index in [4.69, 9.17) is 0 Å². The predicted molar refractivity (Wildman–Crippen MR) is 63.0 cm³/mol. The van der Waals surface area contributed by atoms with Crippen LogP contribution in [0.2, 0.25) is 0 Å². The van der Waals surface area contributed by atoms with Gasteiger partial charge in [-0.2, -0.15) is 0 Å². The molecule has 1 N–H and O–H groups in total. The van der Waals surface area contributed by atoms with Gasteiger partial charge in [0.05, 0.1) is 6.61 Å². The molecule has 1 aliphatic heterocycles. The molecule has 0 spiro atoms. The van der Waals surface area contributed by atoms with Gasteiger partial charge in [-0.15, -0.1) is 0 Å². The molecule has 1 amide bonds. The predicted octanol–water partition coefficient (Wildman–Crippen LogP) is 1.94. The summed E-state index contributed by atoms with van der Waals surface area (Å²) in [6.45, 7) is 1.94. The lowest BCUT2D eigenvalue weighted by atomic mass is 9.74. The molecule has 92 valence electrons. The van der Waals surface area contributed by atoms with Crippen molar-refractivity contribution in [2.75, 3.05) is 19.7 Å². The summed E-state index contributed by atoms with van der Waals surface area (Å²) in [7, 11) is 0. The first-order valence-electron chi connectivity index (χ1n) is 6.64. The Bertz CT molecular complexity index is 246. The van der Waals surface area contributed by atoms with Crippen LogP contribution in [0.1, 0.15) is 51.4 Å². The Labute approximate surface area is 97.8 Å². The molecule has 0 aromatic heterocycles. The molecule has 1 saturated carbocycles. The number of hydrogen-bond acceptors (Lipinski definition) is 2. The third kappa shape index (κ3) is 2.57. The molecular weight excluding hydrogens is 202 g/mol. The van der Waals surface area contributed by atoms with Crippen molar-refractivity contribution in [2.45, 2.75) is 51.4 Å². The van der Waals surface area contributed by atoms with Gasteiger partial charge in [0, 0.05) is 24.9 Å². The van der Waals surface area contributed by atoms with E-state index in [9.17, 15) is 9.90 Å². The van der Waals surface area contributed by atoms with Crippen molar-refractivity contribution < 1.29 is 9.90 Å². The van der Waals surface area contributed by atoms with E-state index in [0.29, 0.717) is 12.3 Å². The largest absolute Gasteiger partial charge is 0.396 e. The number of aliphatic hydroxyl groups excluding tert-OH is 1. The monoisotopic (exact) mass is 225 g/mol. The highest BCUT2D eigenvalue weighted by Crippen LogP contribution is 2.37. The Morgan fingerprint density at radius 3 is 2.50 bits per heavy atom. The fourth-order valence-corrected chi connectivity index (χ4v) is 3.10. The summed E-state index contributed by atoms with van der Waals surface area (Å²) >= 11 is 0. The van der Waals surface area contributed by atoms with Gasteiger partial charge in [-0.1, -0.05) is 19.3 Å². The molecule has 1 aliphatic carbocycles. The minimum atomic E-state index is 0.0191. The molecule has 16 heavy (non-hydrogen) atoms. The summed E-state index contributed by atoms with van der Waals surface area (Å²) in [6, 6.07) is 0. The maximum absolute atomic E-state index is 11.8. The fraction of sp³-hybridized carbons (Fsp3) is 0.923. The van der Waals surface area contributed by atoms with Crippen LogP contribution in [0.15, 0.2) is 0 Å². The number of hydrogen-bond donors (Lipinski definition) is 1. The number of nitrogens with zero attached hydrogens (tertiary/aromatic N) is 1. The summed E-state index contributed by atoms with van der Waals surface area (Å²) in [6.07, 6.45) is 8.78.